The largest absolute Gasteiger partial charge is 0.478 e. The third kappa shape index (κ3) is 3.33. The maximum atomic E-state index is 13.7. The van der Waals surface area contributed by atoms with Gasteiger partial charge in [0.2, 0.25) is 5.91 Å². The summed E-state index contributed by atoms with van der Waals surface area (Å²) < 4.78 is 13.7. The molecule has 1 fully saturated rings. The van der Waals surface area contributed by atoms with E-state index in [1.165, 1.54) is 12.1 Å². The van der Waals surface area contributed by atoms with Crippen molar-refractivity contribution in [3.8, 4) is 0 Å². The zero-order chi connectivity index (χ0) is 14.7. The molecule has 5 nitrogen and oxygen atoms in total. The molecule has 0 aliphatic carbocycles. The minimum absolute atomic E-state index is 0.0000246. The van der Waals surface area contributed by atoms with Crippen LogP contribution in [-0.2, 0) is 4.79 Å². The molecule has 1 aromatic rings. The molecule has 1 amide bonds. The van der Waals surface area contributed by atoms with Gasteiger partial charge in [-0.1, -0.05) is 6.92 Å². The van der Waals surface area contributed by atoms with Crippen LogP contribution in [0.4, 0.5) is 10.1 Å². The topological polar surface area (TPSA) is 78.4 Å². The van der Waals surface area contributed by atoms with Crippen molar-refractivity contribution in [3.63, 3.8) is 0 Å². The predicted molar refractivity (Wildman–Crippen MR) is 72.2 cm³/mol. The molecule has 0 spiro atoms. The number of carbonyl (C=O) groups is 2. The summed E-state index contributed by atoms with van der Waals surface area (Å²) in [5.41, 5.74) is -0.148. The maximum Gasteiger partial charge on any atom is 0.335 e. The number of hydrogen-bond donors (Lipinski definition) is 3. The van der Waals surface area contributed by atoms with E-state index in [1.807, 2.05) is 0 Å². The lowest BCUT2D eigenvalue weighted by Gasteiger charge is -2.27. The summed E-state index contributed by atoms with van der Waals surface area (Å²) in [6.07, 6.45) is 1.73. The van der Waals surface area contributed by atoms with Crippen LogP contribution in [0.2, 0.25) is 0 Å². The van der Waals surface area contributed by atoms with Gasteiger partial charge in [0, 0.05) is 0 Å². The Bertz CT molecular complexity index is 533. The van der Waals surface area contributed by atoms with Crippen molar-refractivity contribution in [1.82, 2.24) is 5.32 Å². The fraction of sp³-hybridized carbons (Fsp3) is 0.429. The first-order valence-electron chi connectivity index (χ1n) is 6.54. The van der Waals surface area contributed by atoms with Crippen molar-refractivity contribution < 1.29 is 19.1 Å². The quantitative estimate of drug-likeness (QED) is 0.789. The lowest BCUT2D eigenvalue weighted by molar-refractivity contribution is -0.119. The van der Waals surface area contributed by atoms with Gasteiger partial charge in [0.1, 0.15) is 5.82 Å². The Kier molecular flexibility index (Phi) is 4.34. The Morgan fingerprint density at radius 2 is 2.20 bits per heavy atom. The van der Waals surface area contributed by atoms with Crippen molar-refractivity contribution in [2.45, 2.75) is 25.8 Å². The number of carbonyl (C=O) groups excluding carboxylic acids is 1. The molecule has 0 aromatic heterocycles. The van der Waals surface area contributed by atoms with Gasteiger partial charge in [-0.05, 0) is 43.5 Å². The summed E-state index contributed by atoms with van der Waals surface area (Å²) in [6.45, 7) is 2.84. The molecule has 2 unspecified atom stereocenters. The Morgan fingerprint density at radius 3 is 2.80 bits per heavy atom. The summed E-state index contributed by atoms with van der Waals surface area (Å²) >= 11 is 0. The van der Waals surface area contributed by atoms with Gasteiger partial charge in [-0.25, -0.2) is 9.18 Å². The van der Waals surface area contributed by atoms with Crippen LogP contribution < -0.4 is 10.6 Å². The summed E-state index contributed by atoms with van der Waals surface area (Å²) in [7, 11) is 0. The molecule has 0 radical (unpaired) electrons. The zero-order valence-corrected chi connectivity index (χ0v) is 11.1. The average molecular weight is 280 g/mol. The molecule has 1 saturated heterocycles. The van der Waals surface area contributed by atoms with E-state index in [0.29, 0.717) is 12.3 Å². The van der Waals surface area contributed by atoms with Crippen molar-refractivity contribution >= 4 is 17.6 Å². The second-order valence-corrected chi connectivity index (χ2v) is 5.13. The van der Waals surface area contributed by atoms with Gasteiger partial charge in [0.25, 0.3) is 0 Å². The summed E-state index contributed by atoms with van der Waals surface area (Å²) in [4.78, 5) is 22.7. The van der Waals surface area contributed by atoms with Crippen molar-refractivity contribution in [2.75, 3.05) is 11.9 Å². The summed E-state index contributed by atoms with van der Waals surface area (Å²) in [6, 6.07) is 3.09. The minimum Gasteiger partial charge on any atom is -0.478 e. The van der Waals surface area contributed by atoms with E-state index in [2.05, 4.69) is 17.6 Å². The number of carboxylic acids is 1. The molecule has 0 bridgehead atoms. The van der Waals surface area contributed by atoms with Gasteiger partial charge in [-0.3, -0.25) is 4.79 Å². The van der Waals surface area contributed by atoms with Gasteiger partial charge in [-0.15, -0.1) is 0 Å². The average Bonchev–Trinajstić information content (AvgIpc) is 2.40. The predicted octanol–water partition coefficient (Wildman–Crippen LogP) is 1.85. The number of benzene rings is 1. The van der Waals surface area contributed by atoms with Crippen LogP contribution in [0.3, 0.4) is 0 Å². The van der Waals surface area contributed by atoms with E-state index < -0.39 is 11.8 Å². The fourth-order valence-corrected chi connectivity index (χ4v) is 2.28. The molecule has 108 valence electrons. The maximum absolute atomic E-state index is 13.7. The van der Waals surface area contributed by atoms with Crippen molar-refractivity contribution in [1.29, 1.82) is 0 Å². The molecule has 1 heterocycles. The Labute approximate surface area is 116 Å². The first-order chi connectivity index (χ1) is 9.47. The Balaban J connectivity index is 2.06. The molecule has 1 aromatic carbocycles. The first-order valence-corrected chi connectivity index (χ1v) is 6.54. The van der Waals surface area contributed by atoms with Crippen molar-refractivity contribution in [2.24, 2.45) is 5.92 Å². The number of amides is 1. The zero-order valence-electron chi connectivity index (χ0n) is 11.1. The molecule has 2 atom stereocenters. The summed E-state index contributed by atoms with van der Waals surface area (Å²) in [5.74, 6) is -1.79. The third-order valence-corrected chi connectivity index (χ3v) is 3.46. The van der Waals surface area contributed by atoms with E-state index in [-0.39, 0.29) is 23.2 Å². The minimum atomic E-state index is -1.20. The smallest absolute Gasteiger partial charge is 0.335 e. The second-order valence-electron chi connectivity index (χ2n) is 5.13. The van der Waals surface area contributed by atoms with E-state index in [1.54, 1.807) is 0 Å². The number of halogens is 1. The normalized spacial score (nSPS) is 22.3. The Hall–Kier alpha value is -1.95. The van der Waals surface area contributed by atoms with E-state index in [9.17, 15) is 14.0 Å². The van der Waals surface area contributed by atoms with Gasteiger partial charge >= 0.3 is 5.97 Å². The molecule has 3 N–H and O–H groups in total. The highest BCUT2D eigenvalue weighted by Crippen LogP contribution is 2.19. The highest BCUT2D eigenvalue weighted by molar-refractivity contribution is 5.95. The van der Waals surface area contributed by atoms with Crippen LogP contribution in [0.5, 0.6) is 0 Å². The van der Waals surface area contributed by atoms with Crippen molar-refractivity contribution in [3.05, 3.63) is 29.6 Å². The fourth-order valence-electron chi connectivity index (χ4n) is 2.28. The lowest BCUT2D eigenvalue weighted by Crippen LogP contribution is -2.45. The van der Waals surface area contributed by atoms with Gasteiger partial charge in [0.05, 0.1) is 17.3 Å². The number of hydrogen-bond acceptors (Lipinski definition) is 3. The monoisotopic (exact) mass is 280 g/mol. The lowest BCUT2D eigenvalue weighted by atomic mass is 9.94. The molecule has 1 aliphatic rings. The number of aromatic carboxylic acids is 1. The number of carboxylic acid groups (broad SMARTS) is 1. The number of piperidine rings is 1. The molecule has 2 rings (SSSR count). The van der Waals surface area contributed by atoms with Crippen LogP contribution >= 0.6 is 0 Å². The molecular formula is C14H17FN2O3. The number of nitrogens with one attached hydrogen (secondary N) is 2. The second kappa shape index (κ2) is 6.00. The molecule has 6 heteroatoms. The van der Waals surface area contributed by atoms with Crippen LogP contribution in [0.1, 0.15) is 30.1 Å². The van der Waals surface area contributed by atoms with Crippen LogP contribution in [-0.4, -0.2) is 29.6 Å². The summed E-state index contributed by atoms with van der Waals surface area (Å²) in [5, 5.41) is 14.3. The third-order valence-electron chi connectivity index (χ3n) is 3.46. The van der Waals surface area contributed by atoms with Gasteiger partial charge in [0.15, 0.2) is 0 Å². The van der Waals surface area contributed by atoms with Gasteiger partial charge in [-0.2, -0.15) is 0 Å². The Morgan fingerprint density at radius 1 is 1.45 bits per heavy atom. The highest BCUT2D eigenvalue weighted by atomic mass is 19.1. The molecular weight excluding hydrogens is 263 g/mol. The molecule has 1 aliphatic heterocycles. The van der Waals surface area contributed by atoms with Crippen LogP contribution in [0.25, 0.3) is 0 Å². The van der Waals surface area contributed by atoms with E-state index in [4.69, 9.17) is 5.11 Å². The van der Waals surface area contributed by atoms with E-state index in [0.717, 1.165) is 19.0 Å². The standard InChI is InChI=1S/C14H17FN2O3/c1-8-4-5-16-12(6-8)13(18)17-11-3-2-9(14(19)20)7-10(11)15/h2-3,7-8,12,16H,4-6H2,1H3,(H,17,18)(H,19,20). The van der Waals surface area contributed by atoms with Gasteiger partial charge < -0.3 is 15.7 Å². The van der Waals surface area contributed by atoms with E-state index >= 15 is 0 Å². The molecule has 20 heavy (non-hydrogen) atoms. The van der Waals surface area contributed by atoms with Crippen LogP contribution in [0, 0.1) is 11.7 Å². The first kappa shape index (κ1) is 14.5. The number of anilines is 1. The molecule has 0 saturated carbocycles. The highest BCUT2D eigenvalue weighted by Gasteiger charge is 2.25. The number of rotatable bonds is 3. The SMILES string of the molecule is CC1CCNC(C(=O)Nc2ccc(C(=O)O)cc2F)C1. The van der Waals surface area contributed by atoms with Crippen LogP contribution in [0.15, 0.2) is 18.2 Å².